The highest BCUT2D eigenvalue weighted by molar-refractivity contribution is 7.98. The number of nitrogens with one attached hydrogen (secondary N) is 1. The smallest absolute Gasteiger partial charge is 0.140 e. The molecular weight excluding hydrogens is 230 g/mol. The number of hydrogen-bond acceptors (Lipinski definition) is 4. The van der Waals surface area contributed by atoms with Gasteiger partial charge in [0.25, 0.3) is 0 Å². The summed E-state index contributed by atoms with van der Waals surface area (Å²) in [7, 11) is 0. The van der Waals surface area contributed by atoms with Crippen molar-refractivity contribution in [3.63, 3.8) is 0 Å². The van der Waals surface area contributed by atoms with Crippen LogP contribution in [0.25, 0.3) is 0 Å². The Kier molecular flexibility index (Phi) is 4.66. The molecule has 1 aliphatic carbocycles. The number of nitrogens with zero attached hydrogens (tertiary/aromatic N) is 2. The molecular formula is C13H21N3S. The molecule has 2 rings (SSSR count). The van der Waals surface area contributed by atoms with Crippen LogP contribution in [0.4, 0.5) is 5.82 Å². The maximum absolute atomic E-state index is 4.69. The Labute approximate surface area is 108 Å². The van der Waals surface area contributed by atoms with Crippen LogP contribution in [-0.2, 0) is 18.6 Å². The molecule has 1 heterocycles. The normalized spacial score (nSPS) is 13.8. The van der Waals surface area contributed by atoms with Gasteiger partial charge >= 0.3 is 0 Å². The molecule has 1 N–H and O–H groups in total. The Hall–Kier alpha value is -0.770. The Morgan fingerprint density at radius 2 is 2.12 bits per heavy atom. The van der Waals surface area contributed by atoms with Gasteiger partial charge in [-0.1, -0.05) is 13.8 Å². The van der Waals surface area contributed by atoms with Crippen LogP contribution < -0.4 is 5.32 Å². The van der Waals surface area contributed by atoms with Gasteiger partial charge in [-0.15, -0.1) is 0 Å². The molecule has 0 aliphatic heterocycles. The predicted octanol–water partition coefficient (Wildman–Crippen LogP) is 3.04. The molecule has 1 aromatic heterocycles. The van der Waals surface area contributed by atoms with Crippen molar-refractivity contribution < 1.29 is 0 Å². The third-order valence-corrected chi connectivity index (χ3v) is 3.83. The lowest BCUT2D eigenvalue weighted by molar-refractivity contribution is 0.893. The van der Waals surface area contributed by atoms with E-state index in [1.165, 1.54) is 17.7 Å². The van der Waals surface area contributed by atoms with E-state index in [0.29, 0.717) is 0 Å². The van der Waals surface area contributed by atoms with Gasteiger partial charge in [0.15, 0.2) is 0 Å². The van der Waals surface area contributed by atoms with E-state index in [9.17, 15) is 0 Å². The molecule has 0 saturated carbocycles. The molecule has 0 spiro atoms. The van der Waals surface area contributed by atoms with Gasteiger partial charge < -0.3 is 5.32 Å². The van der Waals surface area contributed by atoms with Gasteiger partial charge in [-0.3, -0.25) is 0 Å². The minimum absolute atomic E-state index is 0.935. The van der Waals surface area contributed by atoms with Crippen LogP contribution in [0.5, 0.6) is 0 Å². The standard InChI is InChI=1S/C13H21N3S/c1-3-8-14-13-10-6-5-7-11(10)15-12(16-13)9-17-4-2/h3-9H2,1-2H3,(H,14,15,16). The molecule has 0 aromatic carbocycles. The fourth-order valence-corrected chi connectivity index (χ4v) is 2.65. The highest BCUT2D eigenvalue weighted by atomic mass is 32.2. The lowest BCUT2D eigenvalue weighted by Crippen LogP contribution is -2.09. The summed E-state index contributed by atoms with van der Waals surface area (Å²) < 4.78 is 0. The number of aromatic nitrogens is 2. The van der Waals surface area contributed by atoms with Crippen LogP contribution >= 0.6 is 11.8 Å². The van der Waals surface area contributed by atoms with E-state index in [-0.39, 0.29) is 0 Å². The zero-order valence-electron chi connectivity index (χ0n) is 10.8. The second-order valence-electron chi connectivity index (χ2n) is 4.33. The van der Waals surface area contributed by atoms with Gasteiger partial charge in [0.05, 0.1) is 5.75 Å². The van der Waals surface area contributed by atoms with Crippen LogP contribution in [0.3, 0.4) is 0 Å². The second-order valence-corrected chi connectivity index (χ2v) is 5.61. The molecule has 1 aromatic rings. The van der Waals surface area contributed by atoms with E-state index in [0.717, 1.165) is 49.0 Å². The maximum atomic E-state index is 4.69. The summed E-state index contributed by atoms with van der Waals surface area (Å²) in [5.74, 6) is 4.15. The molecule has 1 aliphatic rings. The zero-order chi connectivity index (χ0) is 12.1. The minimum Gasteiger partial charge on any atom is -0.370 e. The third kappa shape index (κ3) is 3.12. The lowest BCUT2D eigenvalue weighted by Gasteiger charge is -2.11. The van der Waals surface area contributed by atoms with Crippen molar-refractivity contribution in [1.82, 2.24) is 9.97 Å². The van der Waals surface area contributed by atoms with Crippen molar-refractivity contribution in [2.24, 2.45) is 0 Å². The summed E-state index contributed by atoms with van der Waals surface area (Å²) in [6.07, 6.45) is 4.64. The molecule has 0 atom stereocenters. The highest BCUT2D eigenvalue weighted by Crippen LogP contribution is 2.27. The number of hydrogen-bond donors (Lipinski definition) is 1. The van der Waals surface area contributed by atoms with Crippen LogP contribution in [-0.4, -0.2) is 22.3 Å². The first-order valence-electron chi connectivity index (χ1n) is 6.55. The predicted molar refractivity (Wildman–Crippen MR) is 74.7 cm³/mol. The fourth-order valence-electron chi connectivity index (χ4n) is 2.13. The van der Waals surface area contributed by atoms with E-state index in [1.807, 2.05) is 11.8 Å². The average molecular weight is 251 g/mol. The Bertz CT molecular complexity index is 379. The van der Waals surface area contributed by atoms with Crippen molar-refractivity contribution in [1.29, 1.82) is 0 Å². The van der Waals surface area contributed by atoms with Crippen LogP contribution in [0.15, 0.2) is 0 Å². The molecule has 0 unspecified atom stereocenters. The Balaban J connectivity index is 2.19. The first-order chi connectivity index (χ1) is 8.35. The van der Waals surface area contributed by atoms with E-state index in [4.69, 9.17) is 0 Å². The molecule has 0 radical (unpaired) electrons. The summed E-state index contributed by atoms with van der Waals surface area (Å²) in [4.78, 5) is 9.36. The molecule has 0 saturated heterocycles. The molecule has 0 bridgehead atoms. The third-order valence-electron chi connectivity index (χ3n) is 2.96. The summed E-state index contributed by atoms with van der Waals surface area (Å²) in [6, 6.07) is 0. The Morgan fingerprint density at radius 1 is 1.24 bits per heavy atom. The minimum atomic E-state index is 0.935. The number of anilines is 1. The molecule has 4 heteroatoms. The summed E-state index contributed by atoms with van der Waals surface area (Å²) in [5, 5.41) is 3.45. The summed E-state index contributed by atoms with van der Waals surface area (Å²) in [6.45, 7) is 5.36. The maximum Gasteiger partial charge on any atom is 0.140 e. The van der Waals surface area contributed by atoms with Gasteiger partial charge in [-0.25, -0.2) is 9.97 Å². The van der Waals surface area contributed by atoms with Crippen LogP contribution in [0.1, 0.15) is 43.8 Å². The summed E-state index contributed by atoms with van der Waals surface area (Å²) in [5.41, 5.74) is 2.65. The van der Waals surface area contributed by atoms with Crippen molar-refractivity contribution in [2.75, 3.05) is 17.6 Å². The van der Waals surface area contributed by atoms with Crippen molar-refractivity contribution >= 4 is 17.6 Å². The van der Waals surface area contributed by atoms with Crippen molar-refractivity contribution in [3.05, 3.63) is 17.1 Å². The first kappa shape index (κ1) is 12.7. The monoisotopic (exact) mass is 251 g/mol. The van der Waals surface area contributed by atoms with Crippen molar-refractivity contribution in [2.45, 2.75) is 45.3 Å². The molecule has 0 fully saturated rings. The lowest BCUT2D eigenvalue weighted by atomic mass is 10.2. The number of rotatable bonds is 6. The van der Waals surface area contributed by atoms with Crippen LogP contribution in [0, 0.1) is 0 Å². The van der Waals surface area contributed by atoms with E-state index in [1.54, 1.807) is 0 Å². The number of aryl methyl sites for hydroxylation is 1. The largest absolute Gasteiger partial charge is 0.370 e. The molecule has 17 heavy (non-hydrogen) atoms. The quantitative estimate of drug-likeness (QED) is 0.843. The number of fused-ring (bicyclic) bond motifs is 1. The van der Waals surface area contributed by atoms with E-state index >= 15 is 0 Å². The SMILES string of the molecule is CCCNc1nc(CSCC)nc2c1CCC2. The van der Waals surface area contributed by atoms with Gasteiger partial charge in [0.2, 0.25) is 0 Å². The van der Waals surface area contributed by atoms with Crippen molar-refractivity contribution in [3.8, 4) is 0 Å². The van der Waals surface area contributed by atoms with Gasteiger partial charge in [-0.05, 0) is 31.4 Å². The Morgan fingerprint density at radius 3 is 2.88 bits per heavy atom. The average Bonchev–Trinajstić information content (AvgIpc) is 2.81. The molecule has 3 nitrogen and oxygen atoms in total. The zero-order valence-corrected chi connectivity index (χ0v) is 11.6. The van der Waals surface area contributed by atoms with Gasteiger partial charge in [0.1, 0.15) is 11.6 Å². The first-order valence-corrected chi connectivity index (χ1v) is 7.70. The van der Waals surface area contributed by atoms with Gasteiger partial charge in [-0.2, -0.15) is 11.8 Å². The summed E-state index contributed by atoms with van der Waals surface area (Å²) >= 11 is 1.89. The second kappa shape index (κ2) is 6.24. The number of thioether (sulfide) groups is 1. The van der Waals surface area contributed by atoms with Gasteiger partial charge in [0, 0.05) is 17.8 Å². The van der Waals surface area contributed by atoms with Crippen LogP contribution in [0.2, 0.25) is 0 Å². The highest BCUT2D eigenvalue weighted by Gasteiger charge is 2.18. The fraction of sp³-hybridized carbons (Fsp3) is 0.692. The topological polar surface area (TPSA) is 37.8 Å². The molecule has 0 amide bonds. The van der Waals surface area contributed by atoms with E-state index in [2.05, 4.69) is 29.1 Å². The van der Waals surface area contributed by atoms with E-state index < -0.39 is 0 Å². The molecule has 94 valence electrons.